The zero-order chi connectivity index (χ0) is 19.4. The minimum Gasteiger partial charge on any atom is -0.497 e. The zero-order valence-corrected chi connectivity index (χ0v) is 15.8. The normalized spacial score (nSPS) is 18.8. The highest BCUT2D eigenvalue weighted by Crippen LogP contribution is 2.26. The minimum atomic E-state index is -0.538. The predicted molar refractivity (Wildman–Crippen MR) is 105 cm³/mol. The van der Waals surface area contributed by atoms with Crippen molar-refractivity contribution in [2.75, 3.05) is 24.9 Å². The molecule has 8 nitrogen and oxygen atoms in total. The minimum absolute atomic E-state index is 0.205. The van der Waals surface area contributed by atoms with E-state index in [-0.39, 0.29) is 12.1 Å². The molecule has 1 fully saturated rings. The Bertz CT molecular complexity index is 805. The third-order valence-corrected chi connectivity index (χ3v) is 4.52. The van der Waals surface area contributed by atoms with Crippen molar-refractivity contribution in [1.29, 1.82) is 0 Å². The number of carbonyl (C=O) groups excluding carboxylic acids is 1. The molecule has 2 atom stereocenters. The summed E-state index contributed by atoms with van der Waals surface area (Å²) in [6.07, 6.45) is -0.334. The SMILES string of the molecule is COc1cc(NC(=O)C2NNNC2Nc2ccc(C)c(C)c2)cc(OC)c1. The molecule has 0 radical (unpaired) electrons. The highest BCUT2D eigenvalue weighted by molar-refractivity contribution is 5.96. The molecule has 1 aliphatic heterocycles. The highest BCUT2D eigenvalue weighted by atomic mass is 16.5. The Morgan fingerprint density at radius 3 is 2.26 bits per heavy atom. The van der Waals surface area contributed by atoms with E-state index in [9.17, 15) is 4.79 Å². The number of ether oxygens (including phenoxy) is 2. The van der Waals surface area contributed by atoms with Crippen molar-refractivity contribution in [2.24, 2.45) is 0 Å². The van der Waals surface area contributed by atoms with E-state index in [1.54, 1.807) is 32.4 Å². The van der Waals surface area contributed by atoms with Gasteiger partial charge in [-0.05, 0) is 37.1 Å². The third-order valence-electron chi connectivity index (χ3n) is 4.52. The van der Waals surface area contributed by atoms with Gasteiger partial charge in [-0.2, -0.15) is 5.53 Å². The number of rotatable bonds is 6. The third kappa shape index (κ3) is 4.48. The largest absolute Gasteiger partial charge is 0.497 e. The maximum absolute atomic E-state index is 12.8. The van der Waals surface area contributed by atoms with Crippen LogP contribution in [0.5, 0.6) is 11.5 Å². The number of anilines is 2. The van der Waals surface area contributed by atoms with Crippen molar-refractivity contribution in [1.82, 2.24) is 16.4 Å². The number of benzene rings is 2. The lowest BCUT2D eigenvalue weighted by Crippen LogP contribution is -2.47. The zero-order valence-electron chi connectivity index (χ0n) is 15.8. The standard InChI is InChI=1S/C19H25N5O3/c1-11-5-6-13(7-12(11)2)20-18-17(22-24-23-18)19(25)21-14-8-15(26-3)10-16(9-14)27-4/h5-10,17-18,20,22-24H,1-4H3,(H,21,25). The van der Waals surface area contributed by atoms with Gasteiger partial charge in [-0.3, -0.25) is 4.79 Å². The molecule has 0 bridgehead atoms. The molecule has 5 N–H and O–H groups in total. The second-order valence-electron chi connectivity index (χ2n) is 6.40. The molecule has 0 aliphatic carbocycles. The van der Waals surface area contributed by atoms with E-state index in [1.807, 2.05) is 12.1 Å². The van der Waals surface area contributed by atoms with Gasteiger partial charge in [-0.1, -0.05) is 6.07 Å². The Kier molecular flexibility index (Phi) is 5.80. The van der Waals surface area contributed by atoms with Gasteiger partial charge in [0, 0.05) is 29.6 Å². The topological polar surface area (TPSA) is 95.7 Å². The number of hydrogen-bond donors (Lipinski definition) is 5. The van der Waals surface area contributed by atoms with Crippen LogP contribution in [-0.2, 0) is 4.79 Å². The van der Waals surface area contributed by atoms with E-state index in [2.05, 4.69) is 46.9 Å². The van der Waals surface area contributed by atoms with Crippen LogP contribution in [0.2, 0.25) is 0 Å². The number of nitrogens with one attached hydrogen (secondary N) is 5. The molecule has 1 saturated heterocycles. The Balaban J connectivity index is 1.71. The summed E-state index contributed by atoms with van der Waals surface area (Å²) >= 11 is 0. The molecule has 1 heterocycles. The van der Waals surface area contributed by atoms with E-state index >= 15 is 0 Å². The van der Waals surface area contributed by atoms with Crippen LogP contribution in [0.15, 0.2) is 36.4 Å². The van der Waals surface area contributed by atoms with E-state index in [4.69, 9.17) is 9.47 Å². The first-order valence-corrected chi connectivity index (χ1v) is 8.64. The van der Waals surface area contributed by atoms with E-state index < -0.39 is 6.04 Å². The van der Waals surface area contributed by atoms with Gasteiger partial charge in [0.05, 0.1) is 14.2 Å². The number of hydrazine groups is 2. The van der Waals surface area contributed by atoms with Crippen LogP contribution in [0.4, 0.5) is 11.4 Å². The fourth-order valence-electron chi connectivity index (χ4n) is 2.81. The summed E-state index contributed by atoms with van der Waals surface area (Å²) in [5, 5.41) is 6.21. The molecule has 2 aromatic rings. The lowest BCUT2D eigenvalue weighted by Gasteiger charge is -2.20. The second-order valence-corrected chi connectivity index (χ2v) is 6.40. The fourth-order valence-corrected chi connectivity index (χ4v) is 2.81. The average molecular weight is 371 g/mol. The van der Waals surface area contributed by atoms with Gasteiger partial charge in [0.15, 0.2) is 0 Å². The van der Waals surface area contributed by atoms with Gasteiger partial charge in [0.1, 0.15) is 23.7 Å². The molecule has 1 aliphatic rings. The first-order chi connectivity index (χ1) is 13.0. The van der Waals surface area contributed by atoms with Crippen molar-refractivity contribution in [3.8, 4) is 11.5 Å². The first-order valence-electron chi connectivity index (χ1n) is 8.64. The van der Waals surface area contributed by atoms with Crippen LogP contribution < -0.4 is 36.5 Å². The van der Waals surface area contributed by atoms with Crippen molar-refractivity contribution >= 4 is 17.3 Å². The maximum Gasteiger partial charge on any atom is 0.246 e. The van der Waals surface area contributed by atoms with E-state index in [0.29, 0.717) is 17.2 Å². The lowest BCUT2D eigenvalue weighted by atomic mass is 10.1. The maximum atomic E-state index is 12.8. The number of carbonyl (C=O) groups is 1. The Labute approximate surface area is 158 Å². The Morgan fingerprint density at radius 1 is 0.926 bits per heavy atom. The number of methoxy groups -OCH3 is 2. The van der Waals surface area contributed by atoms with E-state index in [0.717, 1.165) is 5.69 Å². The van der Waals surface area contributed by atoms with Gasteiger partial charge < -0.3 is 20.1 Å². The molecule has 144 valence electrons. The summed E-state index contributed by atoms with van der Waals surface area (Å²) < 4.78 is 10.5. The average Bonchev–Trinajstić information content (AvgIpc) is 3.12. The second kappa shape index (κ2) is 8.26. The number of hydrogen-bond acceptors (Lipinski definition) is 7. The first kappa shape index (κ1) is 19.0. The summed E-state index contributed by atoms with van der Waals surface area (Å²) in [4.78, 5) is 12.8. The molecule has 0 saturated carbocycles. The molecular formula is C19H25N5O3. The van der Waals surface area contributed by atoms with E-state index in [1.165, 1.54) is 11.1 Å². The molecule has 2 unspecified atom stereocenters. The predicted octanol–water partition coefficient (Wildman–Crippen LogP) is 1.68. The Hall–Kier alpha value is -2.81. The fraction of sp³-hybridized carbons (Fsp3) is 0.316. The summed E-state index contributed by atoms with van der Waals surface area (Å²) in [5.41, 5.74) is 12.7. The van der Waals surface area contributed by atoms with Gasteiger partial charge >= 0.3 is 0 Å². The summed E-state index contributed by atoms with van der Waals surface area (Å²) in [6, 6.07) is 10.8. The molecule has 27 heavy (non-hydrogen) atoms. The lowest BCUT2D eigenvalue weighted by molar-refractivity contribution is -0.118. The summed E-state index contributed by atoms with van der Waals surface area (Å²) in [7, 11) is 3.13. The summed E-state index contributed by atoms with van der Waals surface area (Å²) in [5.74, 6) is 0.999. The molecular weight excluding hydrogens is 346 g/mol. The van der Waals surface area contributed by atoms with Crippen LogP contribution in [-0.4, -0.2) is 32.3 Å². The van der Waals surface area contributed by atoms with Crippen molar-refractivity contribution in [2.45, 2.75) is 26.1 Å². The van der Waals surface area contributed by atoms with Crippen molar-refractivity contribution in [3.05, 3.63) is 47.5 Å². The van der Waals surface area contributed by atoms with Crippen LogP contribution in [0.3, 0.4) is 0 Å². The number of aryl methyl sites for hydroxylation is 2. The van der Waals surface area contributed by atoms with Crippen molar-refractivity contribution in [3.63, 3.8) is 0 Å². The van der Waals surface area contributed by atoms with Crippen LogP contribution in [0.25, 0.3) is 0 Å². The number of amides is 1. The summed E-state index contributed by atoms with van der Waals surface area (Å²) in [6.45, 7) is 4.12. The molecule has 3 rings (SSSR count). The molecule has 2 aromatic carbocycles. The van der Waals surface area contributed by atoms with Crippen molar-refractivity contribution < 1.29 is 14.3 Å². The monoisotopic (exact) mass is 371 g/mol. The Morgan fingerprint density at radius 2 is 1.63 bits per heavy atom. The van der Waals surface area contributed by atoms with Gasteiger partial charge in [0.2, 0.25) is 5.91 Å². The van der Waals surface area contributed by atoms with Gasteiger partial charge in [-0.15, -0.1) is 0 Å². The van der Waals surface area contributed by atoms with Gasteiger partial charge in [0.25, 0.3) is 0 Å². The molecule has 8 heteroatoms. The van der Waals surface area contributed by atoms with Crippen LogP contribution in [0, 0.1) is 13.8 Å². The molecule has 0 spiro atoms. The molecule has 1 amide bonds. The van der Waals surface area contributed by atoms with Gasteiger partial charge in [-0.25, -0.2) is 10.9 Å². The molecule has 0 aromatic heterocycles. The quantitative estimate of drug-likeness (QED) is 0.527. The van der Waals surface area contributed by atoms with Crippen LogP contribution in [0.1, 0.15) is 11.1 Å². The van der Waals surface area contributed by atoms with Crippen LogP contribution >= 0.6 is 0 Å². The highest BCUT2D eigenvalue weighted by Gasteiger charge is 2.33. The smallest absolute Gasteiger partial charge is 0.246 e.